The van der Waals surface area contributed by atoms with Crippen LogP contribution in [0, 0.1) is 0 Å². The largest absolute Gasteiger partial charge is 0.384 e. The third kappa shape index (κ3) is 1.83. The third-order valence-electron chi connectivity index (χ3n) is 2.73. The lowest BCUT2D eigenvalue weighted by Crippen LogP contribution is -1.92. The first-order valence-electron chi connectivity index (χ1n) is 5.40. The average Bonchev–Trinajstić information content (AvgIpc) is 2.38. The number of nitrogens with zero attached hydrogens (tertiary/aromatic N) is 2. The van der Waals surface area contributed by atoms with Crippen LogP contribution in [0.2, 0.25) is 0 Å². The Kier molecular flexibility index (Phi) is 2.22. The van der Waals surface area contributed by atoms with Crippen molar-refractivity contribution in [1.82, 2.24) is 9.97 Å². The van der Waals surface area contributed by atoms with Gasteiger partial charge in [-0.05, 0) is 16.8 Å². The van der Waals surface area contributed by atoms with Gasteiger partial charge in [-0.15, -0.1) is 0 Å². The second kappa shape index (κ2) is 3.87. The number of fused-ring (bicyclic) bond motifs is 1. The van der Waals surface area contributed by atoms with Crippen LogP contribution >= 0.6 is 0 Å². The second-order valence-corrected chi connectivity index (χ2v) is 3.89. The van der Waals surface area contributed by atoms with Crippen LogP contribution in [0.4, 0.5) is 5.82 Å². The lowest BCUT2D eigenvalue weighted by atomic mass is 10.1. The van der Waals surface area contributed by atoms with E-state index in [0.717, 1.165) is 11.3 Å². The Hall–Kier alpha value is -2.42. The summed E-state index contributed by atoms with van der Waals surface area (Å²) in [5.41, 5.74) is 7.56. The molecule has 0 saturated carbocycles. The van der Waals surface area contributed by atoms with Crippen LogP contribution in [0.1, 0.15) is 0 Å². The van der Waals surface area contributed by atoms with Crippen LogP contribution in [-0.4, -0.2) is 9.97 Å². The molecule has 17 heavy (non-hydrogen) atoms. The fourth-order valence-electron chi connectivity index (χ4n) is 1.88. The average molecular weight is 221 g/mol. The van der Waals surface area contributed by atoms with E-state index in [0.29, 0.717) is 5.82 Å². The highest BCUT2D eigenvalue weighted by molar-refractivity contribution is 5.86. The van der Waals surface area contributed by atoms with Gasteiger partial charge in [-0.3, -0.25) is 0 Å². The minimum absolute atomic E-state index is 0.489. The summed E-state index contributed by atoms with van der Waals surface area (Å²) < 4.78 is 0. The highest BCUT2D eigenvalue weighted by Gasteiger charge is 2.01. The fourth-order valence-corrected chi connectivity index (χ4v) is 1.88. The molecule has 0 atom stereocenters. The molecule has 0 spiro atoms. The minimum Gasteiger partial charge on any atom is -0.384 e. The van der Waals surface area contributed by atoms with E-state index in [9.17, 15) is 0 Å². The maximum Gasteiger partial charge on any atom is 0.127 e. The lowest BCUT2D eigenvalue weighted by Gasteiger charge is -2.03. The van der Waals surface area contributed by atoms with Crippen molar-refractivity contribution in [2.24, 2.45) is 0 Å². The number of hydrogen-bond acceptors (Lipinski definition) is 3. The molecule has 0 aliphatic heterocycles. The fraction of sp³-hybridized carbons (Fsp3) is 0. The summed E-state index contributed by atoms with van der Waals surface area (Å²) in [6, 6.07) is 16.3. The standard InChI is InChI=1S/C14H11N3/c15-14-8-13(16-9-17-14)12-6-5-10-3-1-2-4-11(10)7-12/h1-9H,(H2,15,16,17). The zero-order valence-electron chi connectivity index (χ0n) is 9.17. The highest BCUT2D eigenvalue weighted by atomic mass is 14.9. The van der Waals surface area contributed by atoms with Gasteiger partial charge < -0.3 is 5.73 Å². The van der Waals surface area contributed by atoms with Crippen LogP contribution < -0.4 is 5.73 Å². The van der Waals surface area contributed by atoms with Crippen molar-refractivity contribution in [3.05, 3.63) is 54.9 Å². The van der Waals surface area contributed by atoms with Gasteiger partial charge in [0.25, 0.3) is 0 Å². The van der Waals surface area contributed by atoms with E-state index in [-0.39, 0.29) is 0 Å². The van der Waals surface area contributed by atoms with Crippen molar-refractivity contribution in [3.8, 4) is 11.3 Å². The molecule has 2 N–H and O–H groups in total. The van der Waals surface area contributed by atoms with Gasteiger partial charge in [-0.25, -0.2) is 9.97 Å². The van der Waals surface area contributed by atoms with Crippen LogP contribution in [0.5, 0.6) is 0 Å². The summed E-state index contributed by atoms with van der Waals surface area (Å²) in [5.74, 6) is 0.489. The van der Waals surface area contributed by atoms with E-state index in [1.807, 2.05) is 18.2 Å². The van der Waals surface area contributed by atoms with Crippen molar-refractivity contribution < 1.29 is 0 Å². The molecular weight excluding hydrogens is 210 g/mol. The first-order chi connectivity index (χ1) is 8.33. The molecule has 0 unspecified atom stereocenters. The number of nitrogens with two attached hydrogens (primary N) is 1. The summed E-state index contributed by atoms with van der Waals surface area (Å²) in [6.07, 6.45) is 1.49. The molecule has 3 rings (SSSR count). The quantitative estimate of drug-likeness (QED) is 0.687. The summed E-state index contributed by atoms with van der Waals surface area (Å²) in [5, 5.41) is 2.42. The first kappa shape index (κ1) is 9.78. The summed E-state index contributed by atoms with van der Waals surface area (Å²) in [7, 11) is 0. The summed E-state index contributed by atoms with van der Waals surface area (Å²) >= 11 is 0. The number of anilines is 1. The van der Waals surface area contributed by atoms with Crippen molar-refractivity contribution in [1.29, 1.82) is 0 Å². The van der Waals surface area contributed by atoms with Crippen LogP contribution in [0.15, 0.2) is 54.9 Å². The Balaban J connectivity index is 2.18. The van der Waals surface area contributed by atoms with Crippen molar-refractivity contribution in [2.45, 2.75) is 0 Å². The van der Waals surface area contributed by atoms with Crippen molar-refractivity contribution in [3.63, 3.8) is 0 Å². The predicted molar refractivity (Wildman–Crippen MR) is 69.4 cm³/mol. The molecule has 82 valence electrons. The molecule has 0 amide bonds. The van der Waals surface area contributed by atoms with E-state index in [1.54, 1.807) is 6.07 Å². The Morgan fingerprint density at radius 2 is 1.65 bits per heavy atom. The molecular formula is C14H11N3. The molecule has 1 heterocycles. The molecule has 0 fully saturated rings. The first-order valence-corrected chi connectivity index (χ1v) is 5.40. The molecule has 0 saturated heterocycles. The molecule has 0 bridgehead atoms. The zero-order chi connectivity index (χ0) is 11.7. The maximum absolute atomic E-state index is 5.66. The molecule has 3 nitrogen and oxygen atoms in total. The summed E-state index contributed by atoms with van der Waals surface area (Å²) in [6.45, 7) is 0. The monoisotopic (exact) mass is 221 g/mol. The van der Waals surface area contributed by atoms with E-state index < -0.39 is 0 Å². The minimum atomic E-state index is 0.489. The van der Waals surface area contributed by atoms with Gasteiger partial charge >= 0.3 is 0 Å². The number of benzene rings is 2. The van der Waals surface area contributed by atoms with Gasteiger partial charge in [-0.1, -0.05) is 36.4 Å². The molecule has 0 radical (unpaired) electrons. The SMILES string of the molecule is Nc1cc(-c2ccc3ccccc3c2)ncn1. The lowest BCUT2D eigenvalue weighted by molar-refractivity contribution is 1.18. The topological polar surface area (TPSA) is 51.8 Å². The second-order valence-electron chi connectivity index (χ2n) is 3.89. The van der Waals surface area contributed by atoms with Gasteiger partial charge in [0, 0.05) is 11.6 Å². The smallest absolute Gasteiger partial charge is 0.127 e. The van der Waals surface area contributed by atoms with Gasteiger partial charge in [0.2, 0.25) is 0 Å². The molecule has 2 aromatic carbocycles. The Morgan fingerprint density at radius 3 is 2.47 bits per heavy atom. The van der Waals surface area contributed by atoms with E-state index in [2.05, 4.69) is 34.2 Å². The van der Waals surface area contributed by atoms with Crippen molar-refractivity contribution >= 4 is 16.6 Å². The van der Waals surface area contributed by atoms with Crippen LogP contribution in [0.3, 0.4) is 0 Å². The number of hydrogen-bond donors (Lipinski definition) is 1. The predicted octanol–water partition coefficient (Wildman–Crippen LogP) is 2.88. The van der Waals surface area contributed by atoms with E-state index in [4.69, 9.17) is 5.73 Å². The molecule has 0 aliphatic rings. The van der Waals surface area contributed by atoms with E-state index >= 15 is 0 Å². The van der Waals surface area contributed by atoms with Gasteiger partial charge in [0.05, 0.1) is 5.69 Å². The molecule has 0 aliphatic carbocycles. The Bertz CT molecular complexity index is 677. The van der Waals surface area contributed by atoms with Gasteiger partial charge in [-0.2, -0.15) is 0 Å². The van der Waals surface area contributed by atoms with Crippen molar-refractivity contribution in [2.75, 3.05) is 5.73 Å². The van der Waals surface area contributed by atoms with Gasteiger partial charge in [0.15, 0.2) is 0 Å². The maximum atomic E-state index is 5.66. The molecule has 3 heteroatoms. The molecule has 3 aromatic rings. The number of nitrogen functional groups attached to an aromatic ring is 1. The normalized spacial score (nSPS) is 10.6. The molecule has 1 aromatic heterocycles. The highest BCUT2D eigenvalue weighted by Crippen LogP contribution is 2.23. The van der Waals surface area contributed by atoms with Gasteiger partial charge in [0.1, 0.15) is 12.1 Å². The van der Waals surface area contributed by atoms with Crippen LogP contribution in [0.25, 0.3) is 22.0 Å². The van der Waals surface area contributed by atoms with E-state index in [1.165, 1.54) is 17.1 Å². The summed E-state index contributed by atoms with van der Waals surface area (Å²) in [4.78, 5) is 8.12. The Morgan fingerprint density at radius 1 is 0.824 bits per heavy atom. The third-order valence-corrected chi connectivity index (χ3v) is 2.73. The van der Waals surface area contributed by atoms with Crippen LogP contribution in [-0.2, 0) is 0 Å². The number of rotatable bonds is 1. The Labute approximate surface area is 98.9 Å². The number of aromatic nitrogens is 2. The zero-order valence-corrected chi connectivity index (χ0v) is 9.17.